The SMILES string of the molecule is CC(OC(=O)Cc1c(F)cccc1Cl)C(=O)Nc1ccccc1Cl. The Hall–Kier alpha value is -2.11. The van der Waals surface area contributed by atoms with Crippen LogP contribution in [0.2, 0.25) is 10.0 Å². The van der Waals surface area contributed by atoms with Gasteiger partial charge in [0, 0.05) is 10.6 Å². The van der Waals surface area contributed by atoms with Crippen LogP contribution in [0, 0.1) is 5.82 Å². The summed E-state index contributed by atoms with van der Waals surface area (Å²) >= 11 is 11.8. The molecule has 0 aliphatic carbocycles. The number of carbonyl (C=O) groups excluding carboxylic acids is 2. The highest BCUT2D eigenvalue weighted by molar-refractivity contribution is 6.33. The molecule has 0 fully saturated rings. The van der Waals surface area contributed by atoms with E-state index >= 15 is 0 Å². The lowest BCUT2D eigenvalue weighted by molar-refractivity contribution is -0.152. The molecule has 0 aliphatic heterocycles. The molecular formula is C17H14Cl2FNO3. The Labute approximate surface area is 148 Å². The second kappa shape index (κ2) is 8.13. The number of ether oxygens (including phenoxy) is 1. The van der Waals surface area contributed by atoms with E-state index in [0.29, 0.717) is 10.7 Å². The Morgan fingerprint density at radius 2 is 1.79 bits per heavy atom. The van der Waals surface area contributed by atoms with Gasteiger partial charge in [0.1, 0.15) is 5.82 Å². The van der Waals surface area contributed by atoms with Crippen molar-refractivity contribution in [1.82, 2.24) is 0 Å². The zero-order valence-electron chi connectivity index (χ0n) is 12.7. The number of anilines is 1. The van der Waals surface area contributed by atoms with Crippen LogP contribution >= 0.6 is 23.2 Å². The van der Waals surface area contributed by atoms with Gasteiger partial charge in [-0.3, -0.25) is 9.59 Å². The van der Waals surface area contributed by atoms with Crippen molar-refractivity contribution in [3.05, 3.63) is 63.9 Å². The summed E-state index contributed by atoms with van der Waals surface area (Å²) < 4.78 is 18.7. The van der Waals surface area contributed by atoms with Crippen LogP contribution in [-0.4, -0.2) is 18.0 Å². The molecule has 2 aromatic carbocycles. The van der Waals surface area contributed by atoms with Crippen molar-refractivity contribution in [2.75, 3.05) is 5.32 Å². The Balaban J connectivity index is 1.96. The number of benzene rings is 2. The number of hydrogen-bond acceptors (Lipinski definition) is 3. The normalized spacial score (nSPS) is 11.7. The van der Waals surface area contributed by atoms with Crippen LogP contribution in [0.1, 0.15) is 12.5 Å². The largest absolute Gasteiger partial charge is 0.452 e. The Bertz CT molecular complexity index is 747. The van der Waals surface area contributed by atoms with E-state index in [1.807, 2.05) is 0 Å². The number of amides is 1. The number of halogens is 3. The van der Waals surface area contributed by atoms with E-state index in [-0.39, 0.29) is 17.0 Å². The molecule has 1 N–H and O–H groups in total. The van der Waals surface area contributed by atoms with Crippen molar-refractivity contribution in [2.45, 2.75) is 19.4 Å². The molecule has 4 nitrogen and oxygen atoms in total. The molecule has 0 bridgehead atoms. The second-order valence-corrected chi connectivity index (χ2v) is 5.79. The summed E-state index contributed by atoms with van der Waals surface area (Å²) in [6.07, 6.45) is -1.44. The lowest BCUT2D eigenvalue weighted by Gasteiger charge is -2.14. The van der Waals surface area contributed by atoms with Crippen molar-refractivity contribution in [3.8, 4) is 0 Å². The fraction of sp³-hybridized carbons (Fsp3) is 0.176. The van der Waals surface area contributed by atoms with E-state index in [0.717, 1.165) is 0 Å². The third-order valence-electron chi connectivity index (χ3n) is 3.19. The van der Waals surface area contributed by atoms with Gasteiger partial charge in [0.25, 0.3) is 5.91 Å². The third-order valence-corrected chi connectivity index (χ3v) is 3.88. The summed E-state index contributed by atoms with van der Waals surface area (Å²) in [5, 5.41) is 3.04. The second-order valence-electron chi connectivity index (χ2n) is 4.98. The van der Waals surface area contributed by atoms with Gasteiger partial charge < -0.3 is 10.1 Å². The van der Waals surface area contributed by atoms with Crippen LogP contribution in [0.4, 0.5) is 10.1 Å². The van der Waals surface area contributed by atoms with Crippen molar-refractivity contribution in [3.63, 3.8) is 0 Å². The van der Waals surface area contributed by atoms with Crippen LogP contribution in [0.15, 0.2) is 42.5 Å². The number of para-hydroxylation sites is 1. The maximum Gasteiger partial charge on any atom is 0.311 e. The first-order valence-corrected chi connectivity index (χ1v) is 7.82. The minimum Gasteiger partial charge on any atom is -0.452 e. The Morgan fingerprint density at radius 3 is 2.46 bits per heavy atom. The molecule has 0 heterocycles. The molecule has 1 amide bonds. The van der Waals surface area contributed by atoms with Crippen LogP contribution in [0.3, 0.4) is 0 Å². The first-order chi connectivity index (χ1) is 11.4. The first kappa shape index (κ1) is 18.2. The van der Waals surface area contributed by atoms with Gasteiger partial charge in [-0.2, -0.15) is 0 Å². The highest BCUT2D eigenvalue weighted by Gasteiger charge is 2.20. The number of carbonyl (C=O) groups is 2. The Kier molecular flexibility index (Phi) is 6.17. The van der Waals surface area contributed by atoms with Crippen molar-refractivity contribution >= 4 is 40.8 Å². The minimum absolute atomic E-state index is 0.0304. The molecule has 126 valence electrons. The predicted octanol–water partition coefficient (Wildman–Crippen LogP) is 4.25. The fourth-order valence-corrected chi connectivity index (χ4v) is 2.35. The van der Waals surface area contributed by atoms with E-state index in [1.54, 1.807) is 24.3 Å². The maximum atomic E-state index is 13.7. The zero-order valence-corrected chi connectivity index (χ0v) is 14.2. The molecule has 0 aromatic heterocycles. The van der Waals surface area contributed by atoms with Gasteiger partial charge in [-0.1, -0.05) is 41.4 Å². The van der Waals surface area contributed by atoms with Gasteiger partial charge in [-0.05, 0) is 31.2 Å². The molecule has 7 heteroatoms. The average molecular weight is 370 g/mol. The molecule has 0 saturated heterocycles. The molecule has 0 aliphatic rings. The van der Waals surface area contributed by atoms with Crippen LogP contribution in [0.5, 0.6) is 0 Å². The summed E-state index contributed by atoms with van der Waals surface area (Å²) in [5.41, 5.74) is 0.437. The van der Waals surface area contributed by atoms with E-state index in [9.17, 15) is 14.0 Å². The first-order valence-electron chi connectivity index (χ1n) is 7.06. The maximum absolute atomic E-state index is 13.7. The molecule has 1 atom stereocenters. The van der Waals surface area contributed by atoms with Gasteiger partial charge >= 0.3 is 5.97 Å². The van der Waals surface area contributed by atoms with E-state index < -0.39 is 23.8 Å². The quantitative estimate of drug-likeness (QED) is 0.801. The minimum atomic E-state index is -1.07. The Morgan fingerprint density at radius 1 is 1.12 bits per heavy atom. The van der Waals surface area contributed by atoms with Gasteiger partial charge in [0.15, 0.2) is 6.10 Å². The molecule has 0 saturated carbocycles. The summed E-state index contributed by atoms with van der Waals surface area (Å²) in [6.45, 7) is 1.41. The van der Waals surface area contributed by atoms with E-state index in [2.05, 4.69) is 5.32 Å². The average Bonchev–Trinajstić information content (AvgIpc) is 2.53. The van der Waals surface area contributed by atoms with Crippen LogP contribution in [-0.2, 0) is 20.7 Å². The predicted molar refractivity (Wildman–Crippen MR) is 90.7 cm³/mol. The molecule has 1 unspecified atom stereocenters. The number of hydrogen-bond donors (Lipinski definition) is 1. The molecule has 0 radical (unpaired) electrons. The van der Waals surface area contributed by atoms with Gasteiger partial charge in [0.05, 0.1) is 17.1 Å². The number of esters is 1. The molecule has 0 spiro atoms. The molecule has 2 aromatic rings. The van der Waals surface area contributed by atoms with Crippen LogP contribution < -0.4 is 5.32 Å². The van der Waals surface area contributed by atoms with E-state index in [1.165, 1.54) is 25.1 Å². The summed E-state index contributed by atoms with van der Waals surface area (Å²) in [7, 11) is 0. The number of nitrogens with one attached hydrogen (secondary N) is 1. The summed E-state index contributed by atoms with van der Waals surface area (Å²) in [6, 6.07) is 10.8. The van der Waals surface area contributed by atoms with E-state index in [4.69, 9.17) is 27.9 Å². The highest BCUT2D eigenvalue weighted by atomic mass is 35.5. The summed E-state index contributed by atoms with van der Waals surface area (Å²) in [4.78, 5) is 23.9. The lowest BCUT2D eigenvalue weighted by atomic mass is 10.1. The smallest absolute Gasteiger partial charge is 0.311 e. The molecule has 24 heavy (non-hydrogen) atoms. The zero-order chi connectivity index (χ0) is 17.7. The van der Waals surface area contributed by atoms with Gasteiger partial charge in [-0.15, -0.1) is 0 Å². The molecular weight excluding hydrogens is 356 g/mol. The highest BCUT2D eigenvalue weighted by Crippen LogP contribution is 2.22. The van der Waals surface area contributed by atoms with Crippen molar-refractivity contribution in [1.29, 1.82) is 0 Å². The van der Waals surface area contributed by atoms with Crippen molar-refractivity contribution in [2.24, 2.45) is 0 Å². The number of rotatable bonds is 5. The standard InChI is InChI=1S/C17H14Cl2FNO3/c1-10(17(23)21-15-8-3-2-5-13(15)19)24-16(22)9-11-12(18)6-4-7-14(11)20/h2-8,10H,9H2,1H3,(H,21,23). The third kappa shape index (κ3) is 4.69. The molecule has 2 rings (SSSR count). The topological polar surface area (TPSA) is 55.4 Å². The monoisotopic (exact) mass is 369 g/mol. The lowest BCUT2D eigenvalue weighted by Crippen LogP contribution is -2.30. The van der Waals surface area contributed by atoms with Crippen LogP contribution in [0.25, 0.3) is 0 Å². The van der Waals surface area contributed by atoms with Gasteiger partial charge in [0.2, 0.25) is 0 Å². The fourth-order valence-electron chi connectivity index (χ4n) is 1.93. The summed E-state index contributed by atoms with van der Waals surface area (Å²) in [5.74, 6) is -1.91. The van der Waals surface area contributed by atoms with Crippen molar-refractivity contribution < 1.29 is 18.7 Å². The van der Waals surface area contributed by atoms with Gasteiger partial charge in [-0.25, -0.2) is 4.39 Å².